The van der Waals surface area contributed by atoms with Crippen LogP contribution in [0.25, 0.3) is 0 Å². The number of benzene rings is 3. The Balaban J connectivity index is 1.12. The van der Waals surface area contributed by atoms with Crippen LogP contribution in [0.5, 0.6) is 0 Å². The Morgan fingerprint density at radius 2 is 1.33 bits per heavy atom. The first kappa shape index (κ1) is 64.0. The van der Waals surface area contributed by atoms with Gasteiger partial charge in [0.1, 0.15) is 42.7 Å². The number of carbonyl (C=O) groups excluding carboxylic acids is 7. The number of carbonyl (C=O) groups is 7. The number of Topliss-reactive ketones (excluding diaryl/α,β-unsaturated/α-hetero) is 1. The molecule has 2 saturated heterocycles. The van der Waals surface area contributed by atoms with E-state index >= 15 is 9.59 Å². The quantitative estimate of drug-likeness (QED) is 0.0857. The summed E-state index contributed by atoms with van der Waals surface area (Å²) in [6, 6.07) is 22.2. The van der Waals surface area contributed by atoms with Crippen LogP contribution >= 0.6 is 0 Å². The molecular formula is C69H59NO18. The van der Waals surface area contributed by atoms with Gasteiger partial charge in [0.2, 0.25) is 6.10 Å². The minimum Gasteiger partial charge on any atom is -0.455 e. The summed E-state index contributed by atoms with van der Waals surface area (Å²) in [4.78, 5) is 101. The molecule has 3 N–H and O–H groups in total. The maximum Gasteiger partial charge on any atom is 0.509 e. The van der Waals surface area contributed by atoms with Crippen LogP contribution in [0.3, 0.4) is 0 Å². The molecule has 3 aliphatic carbocycles. The largest absolute Gasteiger partial charge is 0.509 e. The zero-order chi connectivity index (χ0) is 63.2. The van der Waals surface area contributed by atoms with Gasteiger partial charge in [-0.05, 0) is 138 Å². The van der Waals surface area contributed by atoms with Gasteiger partial charge in [-0.25, -0.2) is 14.4 Å². The average molecular weight is 1190 g/mol. The maximum atomic E-state index is 15.9. The lowest BCUT2D eigenvalue weighted by atomic mass is 9.44. The van der Waals surface area contributed by atoms with Crippen molar-refractivity contribution in [2.24, 2.45) is 16.7 Å². The first-order chi connectivity index (χ1) is 42.2. The van der Waals surface area contributed by atoms with Crippen molar-refractivity contribution in [3.63, 3.8) is 0 Å². The van der Waals surface area contributed by atoms with Crippen LogP contribution in [-0.2, 0) is 61.8 Å². The van der Waals surface area contributed by atoms with E-state index in [1.165, 1.54) is 52.0 Å². The highest BCUT2D eigenvalue weighted by atomic mass is 16.8. The molecule has 5 aliphatic rings. The van der Waals surface area contributed by atoms with E-state index in [4.69, 9.17) is 49.1 Å². The number of ketones is 1. The highest BCUT2D eigenvalue weighted by Crippen LogP contribution is 2.64. The number of hydrogen-bond acceptors (Lipinski definition) is 18. The first-order valence-electron chi connectivity index (χ1n) is 27.7. The Hall–Kier alpha value is -10.0. The van der Waals surface area contributed by atoms with E-state index in [9.17, 15) is 34.2 Å². The minimum absolute atomic E-state index is 0.0162. The van der Waals surface area contributed by atoms with Gasteiger partial charge < -0.3 is 58.2 Å². The maximum absolute atomic E-state index is 15.9. The monoisotopic (exact) mass is 1190 g/mol. The van der Waals surface area contributed by atoms with Gasteiger partial charge in [0, 0.05) is 37.7 Å². The minimum atomic E-state index is -2.53. The molecule has 88 heavy (non-hydrogen) atoms. The number of ether oxygens (including phenoxy) is 9. The number of amides is 1. The van der Waals surface area contributed by atoms with Crippen LogP contribution in [0.4, 0.5) is 4.79 Å². The number of rotatable bonds is 14. The molecule has 2 aliphatic heterocycles. The van der Waals surface area contributed by atoms with Gasteiger partial charge in [-0.1, -0.05) is 86.5 Å². The second-order valence-corrected chi connectivity index (χ2v) is 21.7. The summed E-state index contributed by atoms with van der Waals surface area (Å²) in [6.45, 7) is 7.21. The molecule has 448 valence electrons. The lowest BCUT2D eigenvalue weighted by Gasteiger charge is -2.67. The fraction of sp³-hybridized carbons (Fsp3) is 0.377. The first-order valence-corrected chi connectivity index (χ1v) is 27.7. The zero-order valence-electron chi connectivity index (χ0n) is 48.7. The SMILES string of the molecule is C#CC#CC#CC#CC#CC#CC#CC#CC[C@H]1OC[C@H](COC(=O)O[C@@H](C(=O)O[C@H]2C[C@@]3(O)[C@@H](OC(=O)c4ccccc4)[C@@H]4[C@]5(OC(C)=O)CO[C@@H]5C[C@H](O)[C@@]4(C)C(=O)[C@H](OC(C)=O)C(=C2C)C3(C)C)[C@@H](NC(=O)c2ccccc2)c2ccccc2)O1. The molecule has 8 rings (SSSR count). The van der Waals surface area contributed by atoms with E-state index in [1.54, 1.807) is 66.7 Å². The molecular weight excluding hydrogens is 1130 g/mol. The van der Waals surface area contributed by atoms with E-state index in [1.807, 2.05) is 0 Å². The van der Waals surface area contributed by atoms with Gasteiger partial charge in [0.15, 0.2) is 23.8 Å². The predicted octanol–water partition coefficient (Wildman–Crippen LogP) is 4.69. The molecule has 3 aromatic carbocycles. The van der Waals surface area contributed by atoms with Crippen molar-refractivity contribution >= 4 is 41.7 Å². The zero-order valence-corrected chi connectivity index (χ0v) is 48.7. The van der Waals surface area contributed by atoms with Gasteiger partial charge in [-0.2, -0.15) is 0 Å². The van der Waals surface area contributed by atoms with Crippen LogP contribution in [0.15, 0.2) is 102 Å². The van der Waals surface area contributed by atoms with Crippen LogP contribution in [-0.4, -0.2) is 132 Å². The summed E-state index contributed by atoms with van der Waals surface area (Å²) in [5.74, 6) is 29.9. The molecule has 19 heteroatoms. The molecule has 19 nitrogen and oxygen atoms in total. The Morgan fingerprint density at radius 3 is 1.90 bits per heavy atom. The Morgan fingerprint density at radius 1 is 0.750 bits per heavy atom. The predicted molar refractivity (Wildman–Crippen MR) is 310 cm³/mol. The molecule has 0 unspecified atom stereocenters. The lowest BCUT2D eigenvalue weighted by molar-refractivity contribution is -0.346. The third kappa shape index (κ3) is 13.8. The number of esters is 4. The highest BCUT2D eigenvalue weighted by molar-refractivity contribution is 5.96. The van der Waals surface area contributed by atoms with Gasteiger partial charge in [-0.3, -0.25) is 19.2 Å². The second kappa shape index (κ2) is 28.0. The molecule has 0 spiro atoms. The normalized spacial score (nSPS) is 27.1. The standard InChI is InChI=1S/C69H59NO18/c1-8-9-10-11-12-13-14-15-16-17-18-19-20-21-31-38-54-80-41-50(84-54)42-81-65(78)86-58(56(47-32-25-22-26-33-47)70-62(75)48-34-27-23-28-35-48)64(77)85-51-40-69(79)61(87-63(76)49-36-29-24-30-37-49)59-67(7,52(73)39-53-68(59,43-82-53)88-46(4)72)60(74)57(83-45(3)71)55(44(51)2)66(69,5)6/h1,22-30,32-37,50-54,56-59,61,73,79H,38-43H2,2-7H3,(H,70,75)/t50-,51+,52+,53-,54+,56+,57-,58-,59+,61+,67-,68+,69-/m1/s1. The van der Waals surface area contributed by atoms with Gasteiger partial charge in [0.05, 0.1) is 42.6 Å². The summed E-state index contributed by atoms with van der Waals surface area (Å²) >= 11 is 0. The molecule has 2 bridgehead atoms. The van der Waals surface area contributed by atoms with Crippen molar-refractivity contribution in [1.29, 1.82) is 0 Å². The number of aliphatic hydroxyl groups excluding tert-OH is 1. The number of nitrogens with one attached hydrogen (secondary N) is 1. The van der Waals surface area contributed by atoms with Gasteiger partial charge in [0.25, 0.3) is 5.91 Å². The number of hydrogen-bond donors (Lipinski definition) is 3. The average Bonchev–Trinajstić information content (AvgIpc) is 0.817. The summed E-state index contributed by atoms with van der Waals surface area (Å²) in [6.07, 6.45) is -9.33. The van der Waals surface area contributed by atoms with Gasteiger partial charge >= 0.3 is 30.0 Å². The second-order valence-electron chi connectivity index (χ2n) is 21.7. The molecule has 1 amide bonds. The topological polar surface area (TPSA) is 255 Å². The molecule has 2 saturated carbocycles. The van der Waals surface area contributed by atoms with E-state index in [-0.39, 0.29) is 53.9 Å². The highest BCUT2D eigenvalue weighted by Gasteiger charge is 2.78. The smallest absolute Gasteiger partial charge is 0.455 e. The summed E-state index contributed by atoms with van der Waals surface area (Å²) in [5, 5.41) is 29.2. The fourth-order valence-electron chi connectivity index (χ4n) is 11.8. The molecule has 4 fully saturated rings. The lowest BCUT2D eigenvalue weighted by Crippen LogP contribution is -2.82. The van der Waals surface area contributed by atoms with Crippen molar-refractivity contribution in [3.8, 4) is 95.2 Å². The van der Waals surface area contributed by atoms with Crippen molar-refractivity contribution in [2.45, 2.75) is 127 Å². The Labute approximate surface area is 509 Å². The van der Waals surface area contributed by atoms with Crippen LogP contribution in [0.2, 0.25) is 0 Å². The van der Waals surface area contributed by atoms with Gasteiger partial charge in [-0.15, -0.1) is 6.42 Å². The molecule has 2 heterocycles. The van der Waals surface area contributed by atoms with E-state index in [0.717, 1.165) is 13.8 Å². The molecule has 0 aromatic heterocycles. The molecule has 0 radical (unpaired) electrons. The summed E-state index contributed by atoms with van der Waals surface area (Å²) in [7, 11) is 0. The van der Waals surface area contributed by atoms with E-state index < -0.39 is 138 Å². The molecule has 3 aromatic rings. The molecule has 13 atom stereocenters. The number of aliphatic hydroxyl groups is 2. The van der Waals surface area contributed by atoms with Crippen LogP contribution in [0.1, 0.15) is 93.1 Å². The third-order valence-corrected chi connectivity index (χ3v) is 16.1. The van der Waals surface area contributed by atoms with Crippen LogP contribution in [0, 0.1) is 112 Å². The van der Waals surface area contributed by atoms with Crippen molar-refractivity contribution < 1.29 is 86.4 Å². The van der Waals surface area contributed by atoms with E-state index in [0.29, 0.717) is 0 Å². The Kier molecular flexibility index (Phi) is 20.4. The van der Waals surface area contributed by atoms with Crippen molar-refractivity contribution in [2.75, 3.05) is 19.8 Å². The third-order valence-electron chi connectivity index (χ3n) is 16.1. The number of terminal acetylenes is 1. The summed E-state index contributed by atoms with van der Waals surface area (Å²) < 4.78 is 54.0. The number of fused-ring (bicyclic) bond motifs is 5. The Bertz CT molecular complexity index is 3790. The summed E-state index contributed by atoms with van der Waals surface area (Å²) in [5.41, 5.74) is -7.90. The van der Waals surface area contributed by atoms with Crippen LogP contribution < -0.4 is 5.32 Å². The fourth-order valence-corrected chi connectivity index (χ4v) is 11.8. The van der Waals surface area contributed by atoms with E-state index in [2.05, 4.69) is 94.1 Å². The van der Waals surface area contributed by atoms with Crippen molar-refractivity contribution in [1.82, 2.24) is 5.32 Å². The van der Waals surface area contributed by atoms with Crippen molar-refractivity contribution in [3.05, 3.63) is 119 Å².